The van der Waals surface area contributed by atoms with E-state index >= 15 is 0 Å². The Hall–Kier alpha value is -2.14. The zero-order valence-corrected chi connectivity index (χ0v) is 53.0. The van der Waals surface area contributed by atoms with E-state index in [4.69, 9.17) is 0 Å². The van der Waals surface area contributed by atoms with Crippen molar-refractivity contribution < 1.29 is 72.2 Å². The van der Waals surface area contributed by atoms with E-state index in [1.165, 1.54) is 27.8 Å². The van der Waals surface area contributed by atoms with Gasteiger partial charge in [0.15, 0.2) is 0 Å². The van der Waals surface area contributed by atoms with Gasteiger partial charge in [-0.05, 0) is 143 Å². The molecular weight excluding hydrogens is 1190 g/mol. The van der Waals surface area contributed by atoms with Gasteiger partial charge in [0.25, 0.3) is 0 Å². The first-order valence-corrected chi connectivity index (χ1v) is 21.7. The number of aromatic nitrogens is 8. The van der Waals surface area contributed by atoms with Gasteiger partial charge in [-0.25, -0.2) is 9.97 Å². The van der Waals surface area contributed by atoms with Crippen LogP contribution >= 0.6 is 0 Å². The van der Waals surface area contributed by atoms with Crippen LogP contribution in [-0.4, -0.2) is 40.1 Å². The fourth-order valence-electron chi connectivity index (χ4n) is 3.41. The predicted molar refractivity (Wildman–Crippen MR) is 262 cm³/mol. The Morgan fingerprint density at radius 3 is 0.984 bits per heavy atom. The maximum Gasteiger partial charge on any atom is 0.125 e. The van der Waals surface area contributed by atoms with Crippen LogP contribution in [0.3, 0.4) is 0 Å². The van der Waals surface area contributed by atoms with Crippen LogP contribution in [0.2, 0.25) is 0 Å². The summed E-state index contributed by atoms with van der Waals surface area (Å²) in [5, 5.41) is 7.52. The first-order valence-electron chi connectivity index (χ1n) is 21.7. The van der Waals surface area contributed by atoms with Crippen LogP contribution in [0.5, 0.6) is 0 Å². The average Bonchev–Trinajstić information content (AvgIpc) is 3.26. The van der Waals surface area contributed by atoms with Gasteiger partial charge in [0, 0.05) is 125 Å². The summed E-state index contributed by atoms with van der Waals surface area (Å²) in [6.07, 6.45) is 6.94. The molecule has 0 aromatic carbocycles. The third-order valence-electron chi connectivity index (χ3n) is 7.26. The van der Waals surface area contributed by atoms with E-state index in [9.17, 15) is 0 Å². The van der Waals surface area contributed by atoms with Crippen LogP contribution in [0.1, 0.15) is 178 Å². The molecule has 61 heavy (non-hydrogen) atoms. The fraction of sp³-hybridized carbons (Fsp3) is 0.560. The normalized spacial score (nSPS) is 7.61. The van der Waals surface area contributed by atoms with Crippen LogP contribution < -0.4 is 0 Å². The minimum absolute atomic E-state index is 0. The standard InChI is InChI=1S/C8H12N2.2C8H11N.2C6H8N2.7C2H6.U.V.W.H2/c1-5-6(2)9-8(4)10-7(5)3;1-6-4-5-9-8(3)7(6)2;1-6-4-5-7(2)9-8(6)3;1-5-6(2)8-4-3-7-5;1-5-3-4-7-8-6(5)2;7*1-2;;;;/h1-4H3;2*4-5H,1-3H3;2*3-4H,1-2H3;7*1-2H3;;;;1H/i;;;;;;;;;;;;;;;1+2. The van der Waals surface area contributed by atoms with E-state index in [0.29, 0.717) is 0 Å². The largest absolute Gasteiger partial charge is 0.261 e. The zero-order chi connectivity index (χ0) is 47.4. The minimum Gasteiger partial charge on any atom is -0.261 e. The van der Waals surface area contributed by atoms with Gasteiger partial charge in [-0.1, -0.05) is 103 Å². The molecule has 11 heteroatoms. The van der Waals surface area contributed by atoms with E-state index in [2.05, 4.69) is 66.9 Å². The SMILES string of the molecule is CC.CC.CC.CC.CC.CC.CC.Cc1ccc(C)c(C)n1.Cc1ccnc(C)c1C.Cc1ccnnc1C.Cc1nc(C)c(C)c(C)n1.Cc1nccnc1C.[3HH].[U].[V].[W]. The van der Waals surface area contributed by atoms with Crippen molar-refractivity contribution in [3.05, 3.63) is 128 Å². The summed E-state index contributed by atoms with van der Waals surface area (Å²) in [6.45, 7) is 56.2. The van der Waals surface area contributed by atoms with Gasteiger partial charge in [0.2, 0.25) is 0 Å². The summed E-state index contributed by atoms with van der Waals surface area (Å²) in [5.74, 6) is 0.862. The molecule has 0 aliphatic rings. The molecule has 5 rings (SSSR count). The van der Waals surface area contributed by atoms with Gasteiger partial charge in [-0.3, -0.25) is 19.9 Å². The molecule has 0 saturated carbocycles. The minimum atomic E-state index is 0. The van der Waals surface area contributed by atoms with E-state index in [1.807, 2.05) is 197 Å². The molecular formula is C50H94N8UVW. The number of hydrogen-bond acceptors (Lipinski definition) is 8. The molecule has 0 amide bonds. The summed E-state index contributed by atoms with van der Waals surface area (Å²) in [4.78, 5) is 24.9. The molecule has 0 aliphatic heterocycles. The Bertz CT molecular complexity index is 1520. The summed E-state index contributed by atoms with van der Waals surface area (Å²) < 4.78 is 0. The van der Waals surface area contributed by atoms with Gasteiger partial charge < -0.3 is 0 Å². The summed E-state index contributed by atoms with van der Waals surface area (Å²) >= 11 is 0. The molecule has 0 bridgehead atoms. The molecule has 0 fully saturated rings. The number of aryl methyl sites for hydroxylation is 12. The molecule has 0 unspecified atom stereocenters. The van der Waals surface area contributed by atoms with E-state index in [0.717, 1.165) is 51.4 Å². The summed E-state index contributed by atoms with van der Waals surface area (Å²) in [5.41, 5.74) is 14.8. The van der Waals surface area contributed by atoms with E-state index in [-0.39, 0.29) is 72.2 Å². The molecule has 0 saturated heterocycles. The van der Waals surface area contributed by atoms with Crippen molar-refractivity contribution >= 4 is 0 Å². The van der Waals surface area contributed by atoms with Gasteiger partial charge in [-0.15, -0.1) is 0 Å². The number of pyridine rings is 2. The maximum absolute atomic E-state index is 4.27. The first kappa shape index (κ1) is 82.5. The fourth-order valence-corrected chi connectivity index (χ4v) is 3.41. The number of rotatable bonds is 0. The van der Waals surface area contributed by atoms with Crippen molar-refractivity contribution in [3.63, 3.8) is 0 Å². The van der Waals surface area contributed by atoms with Crippen LogP contribution in [0.15, 0.2) is 49.1 Å². The van der Waals surface area contributed by atoms with Gasteiger partial charge >= 0.3 is 0 Å². The average molecular weight is 1280 g/mol. The molecule has 5 aromatic heterocycles. The third kappa shape index (κ3) is 45.7. The van der Waals surface area contributed by atoms with Crippen molar-refractivity contribution in [2.75, 3.05) is 0 Å². The van der Waals surface area contributed by atoms with Crippen molar-refractivity contribution in [1.82, 2.24) is 40.1 Å². The van der Waals surface area contributed by atoms with E-state index in [1.54, 1.807) is 18.6 Å². The Kier molecular flexibility index (Phi) is 81.1. The smallest absolute Gasteiger partial charge is 0.125 e. The molecule has 1 radical (unpaired) electrons. The topological polar surface area (TPSA) is 103 Å². The summed E-state index contributed by atoms with van der Waals surface area (Å²) in [6, 6.07) is 8.10. The van der Waals surface area contributed by atoms with Gasteiger partial charge in [0.1, 0.15) is 5.82 Å². The van der Waals surface area contributed by atoms with Crippen LogP contribution in [0.4, 0.5) is 0 Å². The molecule has 0 aliphatic carbocycles. The zero-order valence-electron chi connectivity index (χ0n) is 44.6. The predicted octanol–water partition coefficient (Wildman–Crippen LogP) is 15.3. The van der Waals surface area contributed by atoms with Crippen molar-refractivity contribution in [1.29, 1.82) is 0 Å². The monoisotopic (exact) mass is 1280 g/mol. The van der Waals surface area contributed by atoms with Crippen LogP contribution in [0, 0.1) is 128 Å². The molecule has 5 aromatic rings. The van der Waals surface area contributed by atoms with E-state index < -0.39 is 0 Å². The van der Waals surface area contributed by atoms with Crippen molar-refractivity contribution in [3.8, 4) is 0 Å². The van der Waals surface area contributed by atoms with Crippen molar-refractivity contribution in [2.24, 2.45) is 0 Å². The number of hydrogen-bond donors (Lipinski definition) is 0. The summed E-state index contributed by atoms with van der Waals surface area (Å²) in [7, 11) is 0. The Labute approximate surface area is 430 Å². The first-order chi connectivity index (χ1) is 27.6. The molecule has 0 spiro atoms. The Balaban J connectivity index is -0.0000000535. The van der Waals surface area contributed by atoms with Crippen LogP contribution in [-0.2, 0) is 39.6 Å². The second kappa shape index (κ2) is 60.0. The molecule has 0 atom stereocenters. The van der Waals surface area contributed by atoms with Crippen LogP contribution in [0.25, 0.3) is 0 Å². The van der Waals surface area contributed by atoms with Gasteiger partial charge in [-0.2, -0.15) is 10.2 Å². The number of nitrogens with zero attached hydrogens (tertiary/aromatic N) is 8. The molecule has 8 nitrogen and oxygen atoms in total. The molecule has 5 heterocycles. The second-order valence-corrected chi connectivity index (χ2v) is 10.8. The molecule has 349 valence electrons. The quantitative estimate of drug-likeness (QED) is 0.151. The maximum atomic E-state index is 4.27. The second-order valence-electron chi connectivity index (χ2n) is 10.8. The Morgan fingerprint density at radius 1 is 0.344 bits per heavy atom. The third-order valence-corrected chi connectivity index (χ3v) is 7.26. The van der Waals surface area contributed by atoms with Crippen molar-refractivity contribution in [2.45, 2.75) is 194 Å². The molecule has 0 N–H and O–H groups in total. The Morgan fingerprint density at radius 2 is 0.705 bits per heavy atom. The van der Waals surface area contributed by atoms with Gasteiger partial charge in [0.05, 0.1) is 17.1 Å².